The quantitative estimate of drug-likeness (QED) is 0.913. The summed E-state index contributed by atoms with van der Waals surface area (Å²) < 4.78 is 2.30. The first kappa shape index (κ1) is 15.3. The molecule has 1 fully saturated rings. The molecule has 24 heavy (non-hydrogen) atoms. The highest BCUT2D eigenvalue weighted by Gasteiger charge is 2.42. The van der Waals surface area contributed by atoms with Crippen molar-refractivity contribution < 1.29 is 4.79 Å². The van der Waals surface area contributed by atoms with Crippen LogP contribution in [0.3, 0.4) is 0 Å². The maximum absolute atomic E-state index is 12.4. The van der Waals surface area contributed by atoms with Gasteiger partial charge in [-0.05, 0) is 43.0 Å². The van der Waals surface area contributed by atoms with E-state index in [4.69, 9.17) is 0 Å². The van der Waals surface area contributed by atoms with Gasteiger partial charge in [0.15, 0.2) is 0 Å². The first-order valence-corrected chi connectivity index (χ1v) is 8.92. The lowest BCUT2D eigenvalue weighted by Crippen LogP contribution is -2.51. The Morgan fingerprint density at radius 3 is 2.67 bits per heavy atom. The summed E-state index contributed by atoms with van der Waals surface area (Å²) >= 11 is 0. The first-order chi connectivity index (χ1) is 11.6. The molecule has 2 aliphatic rings. The average Bonchev–Trinajstić information content (AvgIpc) is 3.06. The van der Waals surface area contributed by atoms with Gasteiger partial charge in [-0.15, -0.1) is 0 Å². The van der Waals surface area contributed by atoms with Crippen molar-refractivity contribution in [3.05, 3.63) is 48.3 Å². The SMILES string of the molecule is CC(C)CC(=O)N1CCC2(CC1)Nc1ccccc1-n1cccc12. The van der Waals surface area contributed by atoms with Crippen LogP contribution in [0.2, 0.25) is 0 Å². The molecule has 4 rings (SSSR count). The fourth-order valence-electron chi connectivity index (χ4n) is 4.09. The number of carbonyl (C=O) groups is 1. The lowest BCUT2D eigenvalue weighted by atomic mass is 9.82. The monoisotopic (exact) mass is 323 g/mol. The van der Waals surface area contributed by atoms with Gasteiger partial charge in [0.05, 0.1) is 16.9 Å². The number of piperidine rings is 1. The number of para-hydroxylation sites is 2. The molecule has 1 saturated heterocycles. The number of nitrogens with one attached hydrogen (secondary N) is 1. The average molecular weight is 323 g/mol. The molecule has 0 bridgehead atoms. The standard InChI is InChI=1S/C20H25N3O/c1-15(2)14-19(24)22-12-9-20(10-13-22)18-8-5-11-23(18)17-7-4-3-6-16(17)21-20/h3-8,11,15,21H,9-10,12-14H2,1-2H3. The molecule has 1 aromatic heterocycles. The maximum Gasteiger partial charge on any atom is 0.222 e. The van der Waals surface area contributed by atoms with E-state index in [0.717, 1.165) is 25.9 Å². The summed E-state index contributed by atoms with van der Waals surface area (Å²) in [5.41, 5.74) is 3.65. The third kappa shape index (κ3) is 2.41. The summed E-state index contributed by atoms with van der Waals surface area (Å²) in [6, 6.07) is 12.8. The fourth-order valence-corrected chi connectivity index (χ4v) is 4.09. The van der Waals surface area contributed by atoms with Gasteiger partial charge in [-0.25, -0.2) is 0 Å². The molecule has 1 N–H and O–H groups in total. The molecule has 1 aromatic carbocycles. The van der Waals surface area contributed by atoms with Crippen molar-refractivity contribution in [3.63, 3.8) is 0 Å². The largest absolute Gasteiger partial charge is 0.372 e. The van der Waals surface area contributed by atoms with Gasteiger partial charge in [-0.2, -0.15) is 0 Å². The number of carbonyl (C=O) groups excluding carboxylic acids is 1. The minimum Gasteiger partial charge on any atom is -0.372 e. The molecule has 0 radical (unpaired) electrons. The van der Waals surface area contributed by atoms with Gasteiger partial charge >= 0.3 is 0 Å². The molecule has 0 aliphatic carbocycles. The van der Waals surface area contributed by atoms with Gasteiger partial charge < -0.3 is 14.8 Å². The van der Waals surface area contributed by atoms with Crippen LogP contribution in [0.1, 0.15) is 38.8 Å². The normalized spacial score (nSPS) is 18.2. The zero-order valence-electron chi connectivity index (χ0n) is 14.5. The molecule has 126 valence electrons. The molecule has 4 heteroatoms. The second-order valence-corrected chi connectivity index (χ2v) is 7.47. The lowest BCUT2D eigenvalue weighted by Gasteiger charge is -2.46. The number of benzene rings is 1. The number of hydrogen-bond acceptors (Lipinski definition) is 2. The number of fused-ring (bicyclic) bond motifs is 4. The molecule has 4 nitrogen and oxygen atoms in total. The van der Waals surface area contributed by atoms with Crippen LogP contribution >= 0.6 is 0 Å². The van der Waals surface area contributed by atoms with E-state index < -0.39 is 0 Å². The fraction of sp³-hybridized carbons (Fsp3) is 0.450. The number of hydrogen-bond donors (Lipinski definition) is 1. The van der Waals surface area contributed by atoms with Crippen molar-refractivity contribution in [2.24, 2.45) is 5.92 Å². The van der Waals surface area contributed by atoms with Gasteiger partial charge in [0.25, 0.3) is 0 Å². The third-order valence-corrected chi connectivity index (χ3v) is 5.33. The molecule has 3 heterocycles. The van der Waals surface area contributed by atoms with E-state index in [-0.39, 0.29) is 5.54 Å². The predicted octanol–water partition coefficient (Wildman–Crippen LogP) is 3.77. The van der Waals surface area contributed by atoms with Crippen molar-refractivity contribution in [1.82, 2.24) is 9.47 Å². The smallest absolute Gasteiger partial charge is 0.222 e. The van der Waals surface area contributed by atoms with E-state index in [9.17, 15) is 4.79 Å². The van der Waals surface area contributed by atoms with Crippen LogP contribution in [0.25, 0.3) is 5.69 Å². The Bertz CT molecular complexity index is 754. The van der Waals surface area contributed by atoms with Crippen molar-refractivity contribution in [1.29, 1.82) is 0 Å². The zero-order valence-corrected chi connectivity index (χ0v) is 14.5. The van der Waals surface area contributed by atoms with Crippen molar-refractivity contribution in [3.8, 4) is 5.69 Å². The molecule has 1 spiro atoms. The Morgan fingerprint density at radius 2 is 1.92 bits per heavy atom. The van der Waals surface area contributed by atoms with Gasteiger partial charge in [-0.1, -0.05) is 26.0 Å². The molecule has 0 unspecified atom stereocenters. The van der Waals surface area contributed by atoms with E-state index in [0.29, 0.717) is 18.2 Å². The zero-order chi connectivity index (χ0) is 16.7. The summed E-state index contributed by atoms with van der Waals surface area (Å²) in [5, 5.41) is 3.80. The van der Waals surface area contributed by atoms with Crippen LogP contribution in [-0.2, 0) is 10.3 Å². The van der Waals surface area contributed by atoms with Crippen molar-refractivity contribution in [2.75, 3.05) is 18.4 Å². The topological polar surface area (TPSA) is 37.3 Å². The molecule has 1 amide bonds. The third-order valence-electron chi connectivity index (χ3n) is 5.33. The van der Waals surface area contributed by atoms with Crippen molar-refractivity contribution >= 4 is 11.6 Å². The van der Waals surface area contributed by atoms with Crippen LogP contribution in [0, 0.1) is 5.92 Å². The number of nitrogens with zero attached hydrogens (tertiary/aromatic N) is 2. The minimum absolute atomic E-state index is 0.0630. The van der Waals surface area contributed by atoms with E-state index in [1.165, 1.54) is 17.1 Å². The molecule has 2 aliphatic heterocycles. The van der Waals surface area contributed by atoms with Crippen molar-refractivity contribution in [2.45, 2.75) is 38.6 Å². The summed E-state index contributed by atoms with van der Waals surface area (Å²) in [6.07, 6.45) is 4.71. The minimum atomic E-state index is -0.0630. The Kier molecular flexibility index (Phi) is 3.63. The number of amides is 1. The van der Waals surface area contributed by atoms with E-state index in [1.807, 2.05) is 4.90 Å². The van der Waals surface area contributed by atoms with Gasteiger partial charge in [-0.3, -0.25) is 4.79 Å². The Balaban J connectivity index is 1.59. The lowest BCUT2D eigenvalue weighted by molar-refractivity contribution is -0.133. The van der Waals surface area contributed by atoms with Crippen LogP contribution < -0.4 is 5.32 Å². The molecular formula is C20H25N3O. The predicted molar refractivity (Wildman–Crippen MR) is 96.3 cm³/mol. The van der Waals surface area contributed by atoms with Crippen LogP contribution in [0.4, 0.5) is 5.69 Å². The van der Waals surface area contributed by atoms with Gasteiger partial charge in [0.1, 0.15) is 0 Å². The van der Waals surface area contributed by atoms with Crippen LogP contribution in [0.5, 0.6) is 0 Å². The van der Waals surface area contributed by atoms with Gasteiger partial charge in [0, 0.05) is 31.4 Å². The molecule has 0 atom stereocenters. The summed E-state index contributed by atoms with van der Waals surface area (Å²) in [6.45, 7) is 5.86. The first-order valence-electron chi connectivity index (χ1n) is 8.92. The van der Waals surface area contributed by atoms with Crippen LogP contribution in [-0.4, -0.2) is 28.5 Å². The molecule has 0 saturated carbocycles. The summed E-state index contributed by atoms with van der Waals surface area (Å²) in [5.74, 6) is 0.719. The van der Waals surface area contributed by atoms with E-state index in [1.54, 1.807) is 0 Å². The second-order valence-electron chi connectivity index (χ2n) is 7.47. The summed E-state index contributed by atoms with van der Waals surface area (Å²) in [4.78, 5) is 14.4. The summed E-state index contributed by atoms with van der Waals surface area (Å²) in [7, 11) is 0. The Hall–Kier alpha value is -2.23. The number of aromatic nitrogens is 1. The second kappa shape index (κ2) is 5.69. The van der Waals surface area contributed by atoms with Crippen LogP contribution in [0.15, 0.2) is 42.6 Å². The highest BCUT2D eigenvalue weighted by atomic mass is 16.2. The number of rotatable bonds is 2. The highest BCUT2D eigenvalue weighted by Crippen LogP contribution is 2.43. The van der Waals surface area contributed by atoms with Gasteiger partial charge in [0.2, 0.25) is 5.91 Å². The van der Waals surface area contributed by atoms with E-state index in [2.05, 4.69) is 66.3 Å². The molecular weight excluding hydrogens is 298 g/mol. The Labute approximate surface area is 143 Å². The van der Waals surface area contributed by atoms with E-state index >= 15 is 0 Å². The number of anilines is 1. The highest BCUT2D eigenvalue weighted by molar-refractivity contribution is 5.76. The maximum atomic E-state index is 12.4. The molecule has 2 aromatic rings. The Morgan fingerprint density at radius 1 is 1.17 bits per heavy atom. The number of likely N-dealkylation sites (tertiary alicyclic amines) is 1.